The smallest absolute Gasteiger partial charge is 0.0281 e. The van der Waals surface area contributed by atoms with Crippen molar-refractivity contribution in [3.8, 4) is 23.7 Å². The molecular formula is C24H30. The highest BCUT2D eigenvalue weighted by Crippen LogP contribution is 2.15. The summed E-state index contributed by atoms with van der Waals surface area (Å²) in [6, 6.07) is 12.7. The fourth-order valence-electron chi connectivity index (χ4n) is 2.18. The van der Waals surface area contributed by atoms with Gasteiger partial charge in [-0.25, -0.2) is 0 Å². The van der Waals surface area contributed by atoms with E-state index in [1.807, 2.05) is 20.8 Å². The SMILES string of the molecule is C.CC.CC#Cc1cc(C)c(C#Cc2ccc(CC)cc2)cc1C. The van der Waals surface area contributed by atoms with Gasteiger partial charge in [0.25, 0.3) is 0 Å². The molecule has 0 radical (unpaired) electrons. The van der Waals surface area contributed by atoms with Gasteiger partial charge in [-0.05, 0) is 68.1 Å². The summed E-state index contributed by atoms with van der Waals surface area (Å²) >= 11 is 0. The summed E-state index contributed by atoms with van der Waals surface area (Å²) in [5.74, 6) is 12.6. The molecule has 2 aromatic rings. The van der Waals surface area contributed by atoms with E-state index in [9.17, 15) is 0 Å². The van der Waals surface area contributed by atoms with Gasteiger partial charge < -0.3 is 0 Å². The molecule has 0 heteroatoms. The monoisotopic (exact) mass is 318 g/mol. The van der Waals surface area contributed by atoms with E-state index in [1.54, 1.807) is 0 Å². The zero-order valence-corrected chi connectivity index (χ0v) is 15.2. The van der Waals surface area contributed by atoms with Crippen LogP contribution in [0.4, 0.5) is 0 Å². The standard InChI is InChI=1S/C21H20.C2H6.CH4/c1-5-7-20-14-17(4)21(15-16(20)3)13-12-19-10-8-18(6-2)9-11-19;1-2;/h8-11,14-15H,6H2,1-4H3;1-2H3;1H4. The van der Waals surface area contributed by atoms with Gasteiger partial charge >= 0.3 is 0 Å². The zero-order chi connectivity index (χ0) is 17.2. The van der Waals surface area contributed by atoms with Crippen molar-refractivity contribution in [2.45, 2.75) is 55.4 Å². The third kappa shape index (κ3) is 5.98. The van der Waals surface area contributed by atoms with E-state index in [0.717, 1.165) is 23.1 Å². The fraction of sp³-hybridized carbons (Fsp3) is 0.333. The molecule has 0 fully saturated rings. The quantitative estimate of drug-likeness (QED) is 0.541. The minimum absolute atomic E-state index is 0. The lowest BCUT2D eigenvalue weighted by Gasteiger charge is -2.03. The van der Waals surface area contributed by atoms with Gasteiger partial charge in [-0.1, -0.05) is 58.1 Å². The van der Waals surface area contributed by atoms with E-state index in [-0.39, 0.29) is 7.43 Å². The second kappa shape index (κ2) is 11.2. The summed E-state index contributed by atoms with van der Waals surface area (Å²) in [5, 5.41) is 0. The fourth-order valence-corrected chi connectivity index (χ4v) is 2.18. The van der Waals surface area contributed by atoms with Gasteiger partial charge in [-0.2, -0.15) is 0 Å². The molecule has 0 amide bonds. The Hall–Kier alpha value is -2.44. The minimum Gasteiger partial charge on any atom is -0.101 e. The first-order chi connectivity index (χ1) is 11.1. The van der Waals surface area contributed by atoms with E-state index in [2.05, 4.69) is 80.9 Å². The van der Waals surface area contributed by atoms with Crippen molar-refractivity contribution >= 4 is 0 Å². The molecule has 126 valence electrons. The molecule has 0 saturated heterocycles. The molecule has 2 rings (SSSR count). The molecule has 0 spiro atoms. The van der Waals surface area contributed by atoms with Crippen molar-refractivity contribution in [3.63, 3.8) is 0 Å². The van der Waals surface area contributed by atoms with Gasteiger partial charge in [0, 0.05) is 16.7 Å². The Labute approximate surface area is 149 Å². The Balaban J connectivity index is 0.00000170. The van der Waals surface area contributed by atoms with Gasteiger partial charge in [0.15, 0.2) is 0 Å². The molecule has 0 N–H and O–H groups in total. The largest absolute Gasteiger partial charge is 0.101 e. The number of benzene rings is 2. The zero-order valence-electron chi connectivity index (χ0n) is 15.2. The minimum atomic E-state index is 0. The topological polar surface area (TPSA) is 0 Å². The highest BCUT2D eigenvalue weighted by Gasteiger charge is 2.00. The molecule has 0 atom stereocenters. The molecule has 0 aliphatic carbocycles. The van der Waals surface area contributed by atoms with E-state index in [1.165, 1.54) is 16.7 Å². The lowest BCUT2D eigenvalue weighted by Crippen LogP contribution is -1.89. The predicted molar refractivity (Wildman–Crippen MR) is 108 cm³/mol. The van der Waals surface area contributed by atoms with Crippen LogP contribution in [-0.4, -0.2) is 0 Å². The summed E-state index contributed by atoms with van der Waals surface area (Å²) < 4.78 is 0. The van der Waals surface area contributed by atoms with Crippen molar-refractivity contribution in [2.24, 2.45) is 0 Å². The maximum atomic E-state index is 3.28. The van der Waals surface area contributed by atoms with Crippen LogP contribution in [0.5, 0.6) is 0 Å². The summed E-state index contributed by atoms with van der Waals surface area (Å²) in [5.41, 5.74) is 6.93. The first kappa shape index (κ1) is 21.6. The van der Waals surface area contributed by atoms with Crippen LogP contribution in [0.3, 0.4) is 0 Å². The number of rotatable bonds is 1. The van der Waals surface area contributed by atoms with Crippen LogP contribution in [0.25, 0.3) is 0 Å². The molecule has 0 aliphatic rings. The summed E-state index contributed by atoms with van der Waals surface area (Å²) in [6.07, 6.45) is 1.06. The average molecular weight is 319 g/mol. The van der Waals surface area contributed by atoms with Crippen LogP contribution in [0.15, 0.2) is 36.4 Å². The molecule has 0 nitrogen and oxygen atoms in total. The molecule has 0 heterocycles. The normalized spacial score (nSPS) is 8.42. The van der Waals surface area contributed by atoms with Gasteiger partial charge in [0.05, 0.1) is 0 Å². The molecule has 0 unspecified atom stereocenters. The summed E-state index contributed by atoms with van der Waals surface area (Å²) in [7, 11) is 0. The van der Waals surface area contributed by atoms with Crippen LogP contribution >= 0.6 is 0 Å². The Morgan fingerprint density at radius 3 is 1.75 bits per heavy atom. The lowest BCUT2D eigenvalue weighted by atomic mass is 10.00. The third-order valence-electron chi connectivity index (χ3n) is 3.53. The molecule has 2 aromatic carbocycles. The van der Waals surface area contributed by atoms with E-state index in [0.29, 0.717) is 0 Å². The molecule has 0 saturated carbocycles. The second-order valence-corrected chi connectivity index (χ2v) is 5.16. The van der Waals surface area contributed by atoms with Crippen LogP contribution in [0.2, 0.25) is 0 Å². The number of hydrogen-bond acceptors (Lipinski definition) is 0. The van der Waals surface area contributed by atoms with Crippen molar-refractivity contribution in [1.29, 1.82) is 0 Å². The molecule has 0 aliphatic heterocycles. The third-order valence-corrected chi connectivity index (χ3v) is 3.53. The lowest BCUT2D eigenvalue weighted by molar-refractivity contribution is 1.14. The highest BCUT2D eigenvalue weighted by atomic mass is 14.0. The number of hydrogen-bond donors (Lipinski definition) is 0. The Kier molecular flexibility index (Phi) is 10.0. The van der Waals surface area contributed by atoms with E-state index < -0.39 is 0 Å². The van der Waals surface area contributed by atoms with E-state index in [4.69, 9.17) is 0 Å². The first-order valence-corrected chi connectivity index (χ1v) is 8.29. The van der Waals surface area contributed by atoms with Crippen LogP contribution in [0, 0.1) is 37.5 Å². The molecular weight excluding hydrogens is 288 g/mol. The first-order valence-electron chi connectivity index (χ1n) is 8.29. The van der Waals surface area contributed by atoms with Crippen molar-refractivity contribution in [2.75, 3.05) is 0 Å². The van der Waals surface area contributed by atoms with Crippen LogP contribution in [-0.2, 0) is 6.42 Å². The summed E-state index contributed by atoms with van der Waals surface area (Å²) in [6.45, 7) is 12.2. The van der Waals surface area contributed by atoms with Crippen molar-refractivity contribution in [3.05, 3.63) is 69.8 Å². The maximum Gasteiger partial charge on any atom is 0.0281 e. The molecule has 0 aromatic heterocycles. The van der Waals surface area contributed by atoms with Crippen molar-refractivity contribution < 1.29 is 0 Å². The van der Waals surface area contributed by atoms with E-state index >= 15 is 0 Å². The predicted octanol–water partition coefficient (Wildman–Crippen LogP) is 6.30. The summed E-state index contributed by atoms with van der Waals surface area (Å²) in [4.78, 5) is 0. The van der Waals surface area contributed by atoms with Gasteiger partial charge in [0.1, 0.15) is 0 Å². The Morgan fingerprint density at radius 1 is 0.792 bits per heavy atom. The Bertz CT molecular complexity index is 754. The van der Waals surface area contributed by atoms with Crippen LogP contribution in [0.1, 0.15) is 68.5 Å². The van der Waals surface area contributed by atoms with Crippen molar-refractivity contribution in [1.82, 2.24) is 0 Å². The number of aryl methyl sites for hydroxylation is 3. The Morgan fingerprint density at radius 2 is 1.29 bits per heavy atom. The average Bonchev–Trinajstić information content (AvgIpc) is 2.59. The van der Waals surface area contributed by atoms with Gasteiger partial charge in [-0.15, -0.1) is 5.92 Å². The molecule has 0 bridgehead atoms. The molecule has 24 heavy (non-hydrogen) atoms. The highest BCUT2D eigenvalue weighted by molar-refractivity contribution is 5.53. The van der Waals surface area contributed by atoms with Gasteiger partial charge in [-0.3, -0.25) is 0 Å². The second-order valence-electron chi connectivity index (χ2n) is 5.16. The van der Waals surface area contributed by atoms with Crippen LogP contribution < -0.4 is 0 Å². The maximum absolute atomic E-state index is 3.28. The van der Waals surface area contributed by atoms with Gasteiger partial charge in [0.2, 0.25) is 0 Å².